The molecule has 3 aromatic rings. The van der Waals surface area contributed by atoms with Gasteiger partial charge in [-0.05, 0) is 25.0 Å². The third kappa shape index (κ3) is 3.59. The van der Waals surface area contributed by atoms with E-state index in [1.54, 1.807) is 6.07 Å². The second-order valence-corrected chi connectivity index (χ2v) is 6.03. The SMILES string of the molecule is N#Cc1ccccc1Nc1cc(NC2CC2)nc(-c2ccccc2)n1. The number of nitrogens with one attached hydrogen (secondary N) is 2. The third-order valence-corrected chi connectivity index (χ3v) is 4.00. The van der Waals surface area contributed by atoms with Gasteiger partial charge >= 0.3 is 0 Å². The van der Waals surface area contributed by atoms with E-state index >= 15 is 0 Å². The minimum atomic E-state index is 0.498. The number of hydrogen-bond acceptors (Lipinski definition) is 5. The molecule has 0 radical (unpaired) electrons. The number of nitriles is 1. The van der Waals surface area contributed by atoms with Crippen molar-refractivity contribution in [1.82, 2.24) is 9.97 Å². The van der Waals surface area contributed by atoms with Crippen LogP contribution in [0.1, 0.15) is 18.4 Å². The summed E-state index contributed by atoms with van der Waals surface area (Å²) in [5, 5.41) is 16.0. The molecule has 1 heterocycles. The molecule has 2 N–H and O–H groups in total. The molecular formula is C20H17N5. The van der Waals surface area contributed by atoms with E-state index in [1.807, 2.05) is 54.6 Å². The summed E-state index contributed by atoms with van der Waals surface area (Å²) >= 11 is 0. The van der Waals surface area contributed by atoms with Crippen LogP contribution in [-0.2, 0) is 0 Å². The predicted molar refractivity (Wildman–Crippen MR) is 98.6 cm³/mol. The maximum atomic E-state index is 9.28. The van der Waals surface area contributed by atoms with Crippen molar-refractivity contribution in [2.45, 2.75) is 18.9 Å². The second kappa shape index (κ2) is 6.62. The Morgan fingerprint density at radius 3 is 2.40 bits per heavy atom. The molecule has 25 heavy (non-hydrogen) atoms. The van der Waals surface area contributed by atoms with Crippen LogP contribution in [0, 0.1) is 11.3 Å². The summed E-state index contributed by atoms with van der Waals surface area (Å²) in [5.74, 6) is 2.12. The van der Waals surface area contributed by atoms with E-state index < -0.39 is 0 Å². The molecule has 1 aromatic heterocycles. The maximum absolute atomic E-state index is 9.28. The fourth-order valence-electron chi connectivity index (χ4n) is 2.57. The molecule has 0 spiro atoms. The van der Waals surface area contributed by atoms with Crippen molar-refractivity contribution in [1.29, 1.82) is 5.26 Å². The van der Waals surface area contributed by atoms with Crippen molar-refractivity contribution < 1.29 is 0 Å². The van der Waals surface area contributed by atoms with Crippen LogP contribution in [0.15, 0.2) is 60.7 Å². The van der Waals surface area contributed by atoms with Crippen LogP contribution < -0.4 is 10.6 Å². The molecule has 0 aliphatic heterocycles. The van der Waals surface area contributed by atoms with Crippen LogP contribution in [0.25, 0.3) is 11.4 Å². The smallest absolute Gasteiger partial charge is 0.163 e. The molecule has 1 aliphatic rings. The third-order valence-electron chi connectivity index (χ3n) is 4.00. The summed E-state index contributed by atoms with van der Waals surface area (Å²) in [7, 11) is 0. The Labute approximate surface area is 146 Å². The standard InChI is InChI=1S/C20H17N5/c21-13-15-8-4-5-9-17(15)23-19-12-18(22-16-10-11-16)24-20(25-19)14-6-2-1-3-7-14/h1-9,12,16H,10-11H2,(H2,22,23,24,25). The largest absolute Gasteiger partial charge is 0.367 e. The molecule has 1 fully saturated rings. The quantitative estimate of drug-likeness (QED) is 0.729. The first kappa shape index (κ1) is 15.2. The minimum absolute atomic E-state index is 0.498. The molecule has 0 atom stereocenters. The number of anilines is 3. The van der Waals surface area contributed by atoms with Crippen molar-refractivity contribution in [3.8, 4) is 17.5 Å². The van der Waals surface area contributed by atoms with Crippen molar-refractivity contribution in [2.75, 3.05) is 10.6 Å². The summed E-state index contributed by atoms with van der Waals surface area (Å²) in [6, 6.07) is 21.9. The van der Waals surface area contributed by atoms with Crippen LogP contribution in [-0.4, -0.2) is 16.0 Å². The van der Waals surface area contributed by atoms with E-state index in [9.17, 15) is 5.26 Å². The van der Waals surface area contributed by atoms with Gasteiger partial charge in [0.25, 0.3) is 0 Å². The van der Waals surface area contributed by atoms with Gasteiger partial charge in [0.15, 0.2) is 5.82 Å². The molecule has 4 rings (SSSR count). The highest BCUT2D eigenvalue weighted by atomic mass is 15.1. The Bertz CT molecular complexity index is 926. The van der Waals surface area contributed by atoms with E-state index in [-0.39, 0.29) is 0 Å². The molecule has 0 saturated heterocycles. The van der Waals surface area contributed by atoms with Gasteiger partial charge < -0.3 is 10.6 Å². The van der Waals surface area contributed by atoms with E-state index in [0.29, 0.717) is 23.2 Å². The Balaban J connectivity index is 1.72. The maximum Gasteiger partial charge on any atom is 0.163 e. The lowest BCUT2D eigenvalue weighted by molar-refractivity contribution is 1.09. The van der Waals surface area contributed by atoms with Gasteiger partial charge in [0, 0.05) is 17.7 Å². The van der Waals surface area contributed by atoms with Gasteiger partial charge in [0.2, 0.25) is 0 Å². The summed E-state index contributed by atoms with van der Waals surface area (Å²) in [4.78, 5) is 9.27. The highest BCUT2D eigenvalue weighted by Crippen LogP contribution is 2.28. The number of para-hydroxylation sites is 1. The van der Waals surface area contributed by atoms with Gasteiger partial charge in [0.1, 0.15) is 17.7 Å². The van der Waals surface area contributed by atoms with E-state index in [0.717, 1.165) is 17.1 Å². The van der Waals surface area contributed by atoms with Crippen LogP contribution >= 0.6 is 0 Å². The van der Waals surface area contributed by atoms with Crippen molar-refractivity contribution in [3.63, 3.8) is 0 Å². The number of nitrogens with zero attached hydrogens (tertiary/aromatic N) is 3. The Morgan fingerprint density at radius 1 is 0.920 bits per heavy atom. The topological polar surface area (TPSA) is 73.6 Å². The van der Waals surface area contributed by atoms with E-state index in [2.05, 4.69) is 26.7 Å². The average Bonchev–Trinajstić information content (AvgIpc) is 3.47. The van der Waals surface area contributed by atoms with Crippen LogP contribution in [0.2, 0.25) is 0 Å². The first-order valence-corrected chi connectivity index (χ1v) is 8.29. The molecular weight excluding hydrogens is 310 g/mol. The van der Waals surface area contributed by atoms with Crippen LogP contribution in [0.4, 0.5) is 17.3 Å². The van der Waals surface area contributed by atoms with Gasteiger partial charge in [-0.3, -0.25) is 0 Å². The predicted octanol–water partition coefficient (Wildman–Crippen LogP) is 4.33. The molecule has 1 saturated carbocycles. The fourth-order valence-corrected chi connectivity index (χ4v) is 2.57. The first-order chi connectivity index (χ1) is 12.3. The zero-order valence-electron chi connectivity index (χ0n) is 13.6. The molecule has 0 amide bonds. The lowest BCUT2D eigenvalue weighted by atomic mass is 10.2. The summed E-state index contributed by atoms with van der Waals surface area (Å²) in [5.41, 5.74) is 2.28. The highest BCUT2D eigenvalue weighted by Gasteiger charge is 2.22. The van der Waals surface area contributed by atoms with E-state index in [4.69, 9.17) is 0 Å². The first-order valence-electron chi connectivity index (χ1n) is 8.29. The van der Waals surface area contributed by atoms with Gasteiger partial charge in [-0.25, -0.2) is 9.97 Å². The summed E-state index contributed by atoms with van der Waals surface area (Å²) in [6.45, 7) is 0. The molecule has 0 bridgehead atoms. The minimum Gasteiger partial charge on any atom is -0.367 e. The Hall–Kier alpha value is -3.39. The zero-order chi connectivity index (χ0) is 17.1. The van der Waals surface area contributed by atoms with Gasteiger partial charge in [0.05, 0.1) is 11.3 Å². The molecule has 0 unspecified atom stereocenters. The number of aromatic nitrogens is 2. The second-order valence-electron chi connectivity index (χ2n) is 6.03. The van der Waals surface area contributed by atoms with Gasteiger partial charge in [-0.1, -0.05) is 42.5 Å². The molecule has 5 heteroatoms. The van der Waals surface area contributed by atoms with E-state index in [1.165, 1.54) is 12.8 Å². The normalized spacial score (nSPS) is 13.1. The number of rotatable bonds is 5. The summed E-state index contributed by atoms with van der Waals surface area (Å²) in [6.07, 6.45) is 2.34. The van der Waals surface area contributed by atoms with Crippen LogP contribution in [0.5, 0.6) is 0 Å². The Morgan fingerprint density at radius 2 is 1.64 bits per heavy atom. The lowest BCUT2D eigenvalue weighted by Gasteiger charge is -2.12. The van der Waals surface area contributed by atoms with Crippen LogP contribution in [0.3, 0.4) is 0 Å². The fraction of sp³-hybridized carbons (Fsp3) is 0.150. The lowest BCUT2D eigenvalue weighted by Crippen LogP contribution is -2.06. The molecule has 2 aromatic carbocycles. The molecule has 122 valence electrons. The van der Waals surface area contributed by atoms with Gasteiger partial charge in [-0.15, -0.1) is 0 Å². The summed E-state index contributed by atoms with van der Waals surface area (Å²) < 4.78 is 0. The van der Waals surface area contributed by atoms with Gasteiger partial charge in [-0.2, -0.15) is 5.26 Å². The number of hydrogen-bond donors (Lipinski definition) is 2. The van der Waals surface area contributed by atoms with Crippen molar-refractivity contribution >= 4 is 17.3 Å². The average molecular weight is 327 g/mol. The van der Waals surface area contributed by atoms with Crippen molar-refractivity contribution in [2.24, 2.45) is 0 Å². The number of benzene rings is 2. The molecule has 1 aliphatic carbocycles. The molecule has 5 nitrogen and oxygen atoms in total. The highest BCUT2D eigenvalue weighted by molar-refractivity contribution is 5.68. The monoisotopic (exact) mass is 327 g/mol. The zero-order valence-corrected chi connectivity index (χ0v) is 13.6. The Kier molecular flexibility index (Phi) is 4.01. The van der Waals surface area contributed by atoms with Crippen molar-refractivity contribution in [3.05, 3.63) is 66.2 Å².